The highest BCUT2D eigenvalue weighted by molar-refractivity contribution is 6.30. The van der Waals surface area contributed by atoms with Crippen molar-refractivity contribution < 1.29 is 21.9 Å². The molecule has 0 saturated heterocycles. The molecule has 0 radical (unpaired) electrons. The molecule has 2 heterocycles. The number of nitrogens with zero attached hydrogens (tertiary/aromatic N) is 6. The molecule has 140 valence electrons. The SMILES string of the molecule is C[n+]1ccc(Cn2ncc(/N=N/c3ccc(Cl)cc3[N+](=O)[O-])c2N)cc1.[Cl-]. The van der Waals surface area contributed by atoms with Crippen LogP contribution in [-0.2, 0) is 13.6 Å². The molecule has 0 aliphatic rings. The zero-order chi connectivity index (χ0) is 18.7. The van der Waals surface area contributed by atoms with Gasteiger partial charge in [0.05, 0.1) is 17.7 Å². The molecule has 11 heteroatoms. The van der Waals surface area contributed by atoms with Gasteiger partial charge in [-0.15, -0.1) is 10.2 Å². The van der Waals surface area contributed by atoms with E-state index in [-0.39, 0.29) is 28.8 Å². The fourth-order valence-electron chi connectivity index (χ4n) is 2.23. The third-order valence-corrected chi connectivity index (χ3v) is 3.87. The lowest BCUT2D eigenvalue weighted by Crippen LogP contribution is -3.00. The Labute approximate surface area is 165 Å². The number of aryl methyl sites for hydroxylation is 1. The van der Waals surface area contributed by atoms with Crippen molar-refractivity contribution in [2.24, 2.45) is 17.3 Å². The summed E-state index contributed by atoms with van der Waals surface area (Å²) in [6, 6.07) is 8.07. The van der Waals surface area contributed by atoms with Crippen LogP contribution in [0.3, 0.4) is 0 Å². The average molecular weight is 408 g/mol. The molecular weight excluding hydrogens is 393 g/mol. The van der Waals surface area contributed by atoms with Crippen molar-refractivity contribution in [3.05, 3.63) is 69.6 Å². The molecule has 3 rings (SSSR count). The molecule has 0 unspecified atom stereocenters. The normalized spacial score (nSPS) is 10.7. The number of nitro benzene ring substituents is 1. The number of nitro groups is 1. The molecule has 1 aromatic carbocycles. The molecule has 0 fully saturated rings. The number of halogens is 2. The molecule has 0 aliphatic carbocycles. The first-order chi connectivity index (χ1) is 12.4. The Bertz CT molecular complexity index is 987. The number of aromatic nitrogens is 3. The van der Waals surface area contributed by atoms with Gasteiger partial charge in [0.2, 0.25) is 0 Å². The topological polar surface area (TPSA) is 116 Å². The van der Waals surface area contributed by atoms with Crippen LogP contribution in [0.1, 0.15) is 5.56 Å². The largest absolute Gasteiger partial charge is 1.00 e. The van der Waals surface area contributed by atoms with Gasteiger partial charge < -0.3 is 18.1 Å². The second-order valence-corrected chi connectivity index (χ2v) is 5.97. The molecule has 27 heavy (non-hydrogen) atoms. The number of azo groups is 1. The van der Waals surface area contributed by atoms with Crippen molar-refractivity contribution in [1.82, 2.24) is 9.78 Å². The van der Waals surface area contributed by atoms with Gasteiger partial charge in [-0.3, -0.25) is 10.1 Å². The molecule has 0 atom stereocenters. The van der Waals surface area contributed by atoms with Crippen LogP contribution in [0, 0.1) is 10.1 Å². The summed E-state index contributed by atoms with van der Waals surface area (Å²) >= 11 is 5.78. The van der Waals surface area contributed by atoms with E-state index >= 15 is 0 Å². The summed E-state index contributed by atoms with van der Waals surface area (Å²) in [6.45, 7) is 0.475. The van der Waals surface area contributed by atoms with Crippen molar-refractivity contribution in [3.63, 3.8) is 0 Å². The van der Waals surface area contributed by atoms with E-state index in [1.807, 2.05) is 36.1 Å². The number of hydrogen-bond acceptors (Lipinski definition) is 6. The lowest BCUT2D eigenvalue weighted by Gasteiger charge is -2.03. The van der Waals surface area contributed by atoms with Crippen molar-refractivity contribution in [1.29, 1.82) is 0 Å². The summed E-state index contributed by atoms with van der Waals surface area (Å²) in [5.74, 6) is 0.318. The van der Waals surface area contributed by atoms with Gasteiger partial charge in [-0.25, -0.2) is 9.25 Å². The standard InChI is InChI=1S/C16H15ClN7O2.ClH/c1-22-6-4-11(5-7-22)10-23-16(18)14(9-19-23)21-20-13-3-2-12(17)8-15(13)24(25)26;/h2-9H,10,18H2,1H3;1H/q+1;/p-1/b21-20+;. The van der Waals surface area contributed by atoms with Crippen molar-refractivity contribution in [2.45, 2.75) is 6.54 Å². The third kappa shape index (κ3) is 4.78. The number of rotatable bonds is 5. The first-order valence-electron chi connectivity index (χ1n) is 7.55. The third-order valence-electron chi connectivity index (χ3n) is 3.64. The highest BCUT2D eigenvalue weighted by atomic mass is 35.5. The van der Waals surface area contributed by atoms with Gasteiger partial charge in [0.1, 0.15) is 18.6 Å². The number of anilines is 1. The van der Waals surface area contributed by atoms with Gasteiger partial charge in [-0.1, -0.05) is 11.6 Å². The summed E-state index contributed by atoms with van der Waals surface area (Å²) in [5, 5.41) is 23.4. The van der Waals surface area contributed by atoms with Crippen LogP contribution >= 0.6 is 11.6 Å². The summed E-state index contributed by atoms with van der Waals surface area (Å²) in [5.41, 5.74) is 7.26. The Kier molecular flexibility index (Phi) is 6.43. The van der Waals surface area contributed by atoms with Crippen LogP contribution in [0.4, 0.5) is 22.9 Å². The molecule has 0 bridgehead atoms. The van der Waals surface area contributed by atoms with Crippen molar-refractivity contribution >= 4 is 34.5 Å². The Morgan fingerprint density at radius 1 is 1.26 bits per heavy atom. The molecular formula is C16H15Cl2N7O2. The van der Waals surface area contributed by atoms with E-state index in [1.165, 1.54) is 24.4 Å². The van der Waals surface area contributed by atoms with Crippen LogP contribution in [0.15, 0.2) is 59.2 Å². The van der Waals surface area contributed by atoms with E-state index in [1.54, 1.807) is 4.68 Å². The van der Waals surface area contributed by atoms with E-state index in [4.69, 9.17) is 17.3 Å². The first-order valence-corrected chi connectivity index (χ1v) is 7.93. The predicted octanol–water partition coefficient (Wildman–Crippen LogP) is 0.319. The Balaban J connectivity index is 0.00000261. The summed E-state index contributed by atoms with van der Waals surface area (Å²) in [7, 11) is 1.93. The Hall–Kier alpha value is -3.04. The van der Waals surface area contributed by atoms with Gasteiger partial charge in [0, 0.05) is 23.2 Å². The second kappa shape index (κ2) is 8.56. The second-order valence-electron chi connectivity index (χ2n) is 5.53. The minimum atomic E-state index is -0.567. The summed E-state index contributed by atoms with van der Waals surface area (Å²) in [4.78, 5) is 10.5. The molecule has 0 saturated carbocycles. The predicted molar refractivity (Wildman–Crippen MR) is 95.6 cm³/mol. The van der Waals surface area contributed by atoms with Gasteiger partial charge in [-0.05, 0) is 17.7 Å². The highest BCUT2D eigenvalue weighted by Gasteiger charge is 2.15. The average Bonchev–Trinajstić information content (AvgIpc) is 2.96. The number of nitrogens with two attached hydrogens (primary N) is 1. The van der Waals surface area contributed by atoms with Crippen LogP contribution in [-0.4, -0.2) is 14.7 Å². The van der Waals surface area contributed by atoms with Gasteiger partial charge in [-0.2, -0.15) is 5.10 Å². The number of hydrogen-bond donors (Lipinski definition) is 1. The quantitative estimate of drug-likeness (QED) is 0.283. The fraction of sp³-hybridized carbons (Fsp3) is 0.125. The molecule has 2 N–H and O–H groups in total. The minimum absolute atomic E-state index is 0. The van der Waals surface area contributed by atoms with Crippen LogP contribution in [0.25, 0.3) is 0 Å². The number of nitrogen functional groups attached to an aromatic ring is 1. The highest BCUT2D eigenvalue weighted by Crippen LogP contribution is 2.32. The maximum Gasteiger partial charge on any atom is 0.298 e. The molecule has 9 nitrogen and oxygen atoms in total. The van der Waals surface area contributed by atoms with E-state index < -0.39 is 4.92 Å². The summed E-state index contributed by atoms with van der Waals surface area (Å²) < 4.78 is 3.51. The van der Waals surface area contributed by atoms with Gasteiger partial charge in [0.25, 0.3) is 5.69 Å². The van der Waals surface area contributed by atoms with Gasteiger partial charge >= 0.3 is 0 Å². The molecule has 0 spiro atoms. The Morgan fingerprint density at radius 3 is 2.59 bits per heavy atom. The minimum Gasteiger partial charge on any atom is -1.00 e. The number of benzene rings is 1. The van der Waals surface area contributed by atoms with Gasteiger partial charge in [0.15, 0.2) is 18.1 Å². The molecule has 2 aromatic heterocycles. The van der Waals surface area contributed by atoms with Crippen molar-refractivity contribution in [3.8, 4) is 0 Å². The van der Waals surface area contributed by atoms with Crippen molar-refractivity contribution in [2.75, 3.05) is 5.73 Å². The Morgan fingerprint density at radius 2 is 1.93 bits per heavy atom. The van der Waals surface area contributed by atoms with E-state index in [0.29, 0.717) is 18.1 Å². The maximum atomic E-state index is 11.1. The smallest absolute Gasteiger partial charge is 0.298 e. The lowest BCUT2D eigenvalue weighted by atomic mass is 10.3. The maximum absolute atomic E-state index is 11.1. The lowest BCUT2D eigenvalue weighted by molar-refractivity contribution is -0.671. The zero-order valence-electron chi connectivity index (χ0n) is 14.2. The molecule has 0 amide bonds. The van der Waals surface area contributed by atoms with Crippen LogP contribution < -0.4 is 22.7 Å². The fourth-order valence-corrected chi connectivity index (χ4v) is 2.40. The molecule has 3 aromatic rings. The van der Waals surface area contributed by atoms with E-state index in [2.05, 4.69) is 15.3 Å². The monoisotopic (exact) mass is 407 g/mol. The zero-order valence-corrected chi connectivity index (χ0v) is 15.7. The van der Waals surface area contributed by atoms with Crippen LogP contribution in [0.2, 0.25) is 5.02 Å². The van der Waals surface area contributed by atoms with Crippen LogP contribution in [0.5, 0.6) is 0 Å². The number of pyridine rings is 1. The summed E-state index contributed by atoms with van der Waals surface area (Å²) in [6.07, 6.45) is 5.31. The first kappa shape index (κ1) is 20.3. The molecule has 0 aliphatic heterocycles. The van der Waals surface area contributed by atoms with E-state index in [9.17, 15) is 10.1 Å². The van der Waals surface area contributed by atoms with E-state index in [0.717, 1.165) is 5.56 Å².